The SMILES string of the molecule is CCCC1CCCCC2CNC1C(N)C2N1CCNC1C(F)(F)F. The van der Waals surface area contributed by atoms with Crippen LogP contribution in [-0.2, 0) is 0 Å². The zero-order chi connectivity index (χ0) is 17.3. The van der Waals surface area contributed by atoms with E-state index in [0.717, 1.165) is 38.6 Å². The van der Waals surface area contributed by atoms with Gasteiger partial charge in [-0.3, -0.25) is 10.2 Å². The van der Waals surface area contributed by atoms with Crippen LogP contribution in [0.15, 0.2) is 0 Å². The van der Waals surface area contributed by atoms with Gasteiger partial charge >= 0.3 is 6.18 Å². The van der Waals surface area contributed by atoms with Gasteiger partial charge in [-0.2, -0.15) is 13.2 Å². The molecule has 0 aromatic carbocycles. The fourth-order valence-electron chi connectivity index (χ4n) is 5.21. The number of hydrogen-bond donors (Lipinski definition) is 3. The summed E-state index contributed by atoms with van der Waals surface area (Å²) in [5, 5.41) is 6.24. The standard InChI is InChI=1S/C17H31F3N4/c1-2-5-11-6-3-4-7-12-10-23-14(11)13(21)15(12)24-9-8-22-16(24)17(18,19)20/h11-16,22-23H,2-10,21H2,1H3. The zero-order valence-corrected chi connectivity index (χ0v) is 14.5. The molecule has 4 aliphatic rings. The molecule has 1 saturated carbocycles. The first-order valence-electron chi connectivity index (χ1n) is 9.48. The second kappa shape index (κ2) is 7.48. The van der Waals surface area contributed by atoms with Crippen LogP contribution in [0.4, 0.5) is 13.2 Å². The lowest BCUT2D eigenvalue weighted by Gasteiger charge is -2.49. The summed E-state index contributed by atoms with van der Waals surface area (Å²) in [6.45, 7) is 3.79. The molecule has 4 rings (SSSR count). The molecule has 0 spiro atoms. The Morgan fingerprint density at radius 2 is 1.92 bits per heavy atom. The van der Waals surface area contributed by atoms with Gasteiger partial charge in [-0.15, -0.1) is 0 Å². The molecule has 0 radical (unpaired) electrons. The predicted molar refractivity (Wildman–Crippen MR) is 88.5 cm³/mol. The van der Waals surface area contributed by atoms with Gasteiger partial charge in [0.05, 0.1) is 0 Å². The summed E-state index contributed by atoms with van der Waals surface area (Å²) in [6.07, 6.45) is 0.784. The number of hydrogen-bond acceptors (Lipinski definition) is 4. The van der Waals surface area contributed by atoms with Gasteiger partial charge < -0.3 is 11.1 Å². The van der Waals surface area contributed by atoms with Crippen molar-refractivity contribution in [3.63, 3.8) is 0 Å². The van der Waals surface area contributed by atoms with Crippen molar-refractivity contribution in [2.24, 2.45) is 17.6 Å². The maximum atomic E-state index is 13.4. The number of rotatable bonds is 3. The van der Waals surface area contributed by atoms with Gasteiger partial charge in [0.1, 0.15) is 0 Å². The van der Waals surface area contributed by atoms with E-state index in [2.05, 4.69) is 17.6 Å². The van der Waals surface area contributed by atoms with E-state index in [1.54, 1.807) is 4.90 Å². The van der Waals surface area contributed by atoms with Crippen LogP contribution in [-0.4, -0.2) is 55.0 Å². The maximum Gasteiger partial charge on any atom is 0.417 e. The minimum Gasteiger partial charge on any atom is -0.325 e. The van der Waals surface area contributed by atoms with Crippen LogP contribution in [0, 0.1) is 11.8 Å². The lowest BCUT2D eigenvalue weighted by atomic mass is 9.77. The minimum atomic E-state index is -4.25. The van der Waals surface area contributed by atoms with Crippen LogP contribution >= 0.6 is 0 Å². The molecule has 6 atom stereocenters. The summed E-state index contributed by atoms with van der Waals surface area (Å²) in [7, 11) is 0. The largest absolute Gasteiger partial charge is 0.417 e. The molecule has 3 heterocycles. The van der Waals surface area contributed by atoms with Gasteiger partial charge in [0.25, 0.3) is 0 Å². The van der Waals surface area contributed by atoms with Crippen molar-refractivity contribution >= 4 is 0 Å². The Morgan fingerprint density at radius 1 is 1.17 bits per heavy atom. The van der Waals surface area contributed by atoms with E-state index in [4.69, 9.17) is 5.73 Å². The molecule has 3 aliphatic heterocycles. The second-order valence-electron chi connectivity index (χ2n) is 7.73. The average molecular weight is 348 g/mol. The first kappa shape index (κ1) is 18.4. The van der Waals surface area contributed by atoms with Gasteiger partial charge in [-0.1, -0.05) is 26.2 Å². The van der Waals surface area contributed by atoms with E-state index in [1.807, 2.05) is 0 Å². The van der Waals surface area contributed by atoms with Crippen LogP contribution in [0.1, 0.15) is 45.4 Å². The molecule has 0 amide bonds. The fraction of sp³-hybridized carbons (Fsp3) is 1.00. The van der Waals surface area contributed by atoms with Crippen molar-refractivity contribution in [2.75, 3.05) is 19.6 Å². The summed E-state index contributed by atoms with van der Waals surface area (Å²) in [6, 6.07) is -0.280. The van der Waals surface area contributed by atoms with E-state index in [0.29, 0.717) is 19.0 Å². The van der Waals surface area contributed by atoms with Crippen LogP contribution < -0.4 is 16.4 Å². The van der Waals surface area contributed by atoms with Crippen molar-refractivity contribution in [1.82, 2.24) is 15.5 Å². The number of nitrogens with one attached hydrogen (secondary N) is 2. The Kier molecular flexibility index (Phi) is 5.74. The highest BCUT2D eigenvalue weighted by molar-refractivity contribution is 5.05. The smallest absolute Gasteiger partial charge is 0.325 e. The van der Waals surface area contributed by atoms with Crippen molar-refractivity contribution in [3.05, 3.63) is 0 Å². The van der Waals surface area contributed by atoms with E-state index in [1.165, 1.54) is 6.42 Å². The van der Waals surface area contributed by atoms with Gasteiger partial charge in [-0.05, 0) is 37.6 Å². The van der Waals surface area contributed by atoms with E-state index in [-0.39, 0.29) is 24.0 Å². The topological polar surface area (TPSA) is 53.3 Å². The molecule has 7 heteroatoms. The Labute approximate surface area is 142 Å². The highest BCUT2D eigenvalue weighted by Gasteiger charge is 2.53. The normalized spacial score (nSPS) is 41.9. The number of alkyl halides is 3. The molecule has 3 saturated heterocycles. The number of nitrogens with zero attached hydrogens (tertiary/aromatic N) is 1. The summed E-state index contributed by atoms with van der Waals surface area (Å²) in [5.74, 6) is 0.688. The van der Waals surface area contributed by atoms with Crippen LogP contribution in [0.3, 0.4) is 0 Å². The summed E-state index contributed by atoms with van der Waals surface area (Å²) < 4.78 is 40.3. The zero-order valence-electron chi connectivity index (χ0n) is 14.5. The maximum absolute atomic E-state index is 13.4. The van der Waals surface area contributed by atoms with E-state index < -0.39 is 12.3 Å². The third kappa shape index (κ3) is 3.59. The van der Waals surface area contributed by atoms with Crippen LogP contribution in [0.2, 0.25) is 0 Å². The molecule has 2 bridgehead atoms. The first-order chi connectivity index (χ1) is 11.4. The molecule has 6 unspecified atom stereocenters. The second-order valence-corrected chi connectivity index (χ2v) is 7.73. The lowest BCUT2D eigenvalue weighted by Crippen LogP contribution is -2.69. The molecular formula is C17H31F3N4. The van der Waals surface area contributed by atoms with Gasteiger partial charge in [0, 0.05) is 31.2 Å². The van der Waals surface area contributed by atoms with Crippen LogP contribution in [0.25, 0.3) is 0 Å². The lowest BCUT2D eigenvalue weighted by molar-refractivity contribution is -0.192. The number of piperidine rings is 1. The Bertz CT molecular complexity index is 417. The molecule has 140 valence electrons. The number of halogens is 3. The summed E-state index contributed by atoms with van der Waals surface area (Å²) in [5.41, 5.74) is 6.61. The highest BCUT2D eigenvalue weighted by Crippen LogP contribution is 2.37. The molecule has 24 heavy (non-hydrogen) atoms. The monoisotopic (exact) mass is 348 g/mol. The number of fused-ring (bicyclic) bond motifs is 6. The first-order valence-corrected chi connectivity index (χ1v) is 9.48. The van der Waals surface area contributed by atoms with Crippen molar-refractivity contribution in [3.8, 4) is 0 Å². The fourth-order valence-corrected chi connectivity index (χ4v) is 5.21. The van der Waals surface area contributed by atoms with E-state index in [9.17, 15) is 13.2 Å². The van der Waals surface area contributed by atoms with Gasteiger partial charge in [0.15, 0.2) is 6.17 Å². The highest BCUT2D eigenvalue weighted by atomic mass is 19.4. The average Bonchev–Trinajstić information content (AvgIpc) is 3.02. The number of nitrogens with two attached hydrogens (primary N) is 1. The van der Waals surface area contributed by atoms with E-state index >= 15 is 0 Å². The molecular weight excluding hydrogens is 317 g/mol. The molecule has 0 aromatic heterocycles. The third-order valence-corrected chi connectivity index (χ3v) is 6.21. The van der Waals surface area contributed by atoms with Crippen LogP contribution in [0.5, 0.6) is 0 Å². The van der Waals surface area contributed by atoms with Crippen molar-refractivity contribution < 1.29 is 13.2 Å². The van der Waals surface area contributed by atoms with Gasteiger partial charge in [0.2, 0.25) is 0 Å². The predicted octanol–water partition coefficient (Wildman–Crippen LogP) is 2.05. The summed E-state index contributed by atoms with van der Waals surface area (Å²) >= 11 is 0. The molecule has 4 N–H and O–H groups in total. The quantitative estimate of drug-likeness (QED) is 0.731. The molecule has 0 aromatic rings. The summed E-state index contributed by atoms with van der Waals surface area (Å²) in [4.78, 5) is 1.62. The third-order valence-electron chi connectivity index (χ3n) is 6.21. The molecule has 4 nitrogen and oxygen atoms in total. The Morgan fingerprint density at radius 3 is 2.62 bits per heavy atom. The van der Waals surface area contributed by atoms with Crippen molar-refractivity contribution in [1.29, 1.82) is 0 Å². The Hall–Kier alpha value is -0.370. The molecule has 4 fully saturated rings. The van der Waals surface area contributed by atoms with Crippen molar-refractivity contribution in [2.45, 2.75) is 75.9 Å². The Balaban J connectivity index is 1.85. The molecule has 1 aliphatic carbocycles. The minimum absolute atomic E-state index is 0.138. The van der Waals surface area contributed by atoms with Gasteiger partial charge in [-0.25, -0.2) is 0 Å².